The van der Waals surface area contributed by atoms with Crippen molar-refractivity contribution in [2.24, 2.45) is 5.92 Å². The first-order valence-corrected chi connectivity index (χ1v) is 13.5. The van der Waals surface area contributed by atoms with Crippen LogP contribution in [0.1, 0.15) is 50.9 Å². The molecule has 2 N–H and O–H groups in total. The van der Waals surface area contributed by atoms with Crippen LogP contribution >= 0.6 is 11.8 Å². The number of ether oxygens (including phenoxy) is 1. The molecule has 0 radical (unpaired) electrons. The van der Waals surface area contributed by atoms with Crippen molar-refractivity contribution >= 4 is 23.7 Å². The predicted molar refractivity (Wildman–Crippen MR) is 141 cm³/mol. The Balaban J connectivity index is 1.16. The minimum absolute atomic E-state index is 0.0381. The van der Waals surface area contributed by atoms with Gasteiger partial charge in [0.15, 0.2) is 17.4 Å². The Bertz CT molecular complexity index is 1320. The first-order chi connectivity index (χ1) is 19.0. The minimum Gasteiger partial charge on any atom is -0.487 e. The molecule has 0 amide bonds. The fourth-order valence-electron chi connectivity index (χ4n) is 5.21. The van der Waals surface area contributed by atoms with Crippen LogP contribution in [0, 0.1) is 23.4 Å². The minimum atomic E-state index is -1.24. The van der Waals surface area contributed by atoms with Crippen LogP contribution in [0.25, 0.3) is 0 Å². The molecule has 4 heterocycles. The molecule has 0 bridgehead atoms. The SMILES string of the molecule is C[C@H](Oc1cnc(N2C[C@H](NCl)[C@@H](c3cc(F)c(F)cc3F)C2)nc1)C1CCN(c2nc(C(C)(C)O)no2)CC1. The largest absolute Gasteiger partial charge is 0.487 e. The third kappa shape index (κ3) is 5.96. The molecular formula is C26H31ClF3N7O3. The van der Waals surface area contributed by atoms with Gasteiger partial charge < -0.3 is 24.2 Å². The van der Waals surface area contributed by atoms with Crippen molar-refractivity contribution in [3.8, 4) is 5.75 Å². The Hall–Kier alpha value is -3.16. The van der Waals surface area contributed by atoms with E-state index in [0.717, 1.165) is 18.9 Å². The number of nitrogens with zero attached hydrogens (tertiary/aromatic N) is 6. The summed E-state index contributed by atoms with van der Waals surface area (Å²) in [6.45, 7) is 7.26. The molecule has 5 rings (SSSR count). The lowest BCUT2D eigenvalue weighted by Crippen LogP contribution is -2.39. The Morgan fingerprint density at radius 1 is 1.07 bits per heavy atom. The maximum atomic E-state index is 14.4. The Kier molecular flexibility index (Phi) is 8.07. The summed E-state index contributed by atoms with van der Waals surface area (Å²) in [5.74, 6) is -2.28. The summed E-state index contributed by atoms with van der Waals surface area (Å²) in [5.41, 5.74) is -1.13. The van der Waals surface area contributed by atoms with Crippen molar-refractivity contribution in [2.75, 3.05) is 36.0 Å². The second-order valence-corrected chi connectivity index (χ2v) is 11.1. The Morgan fingerprint density at radius 3 is 2.38 bits per heavy atom. The standard InChI is InChI=1S/C26H31ClF3N7O3/c1-14(15-4-6-36(7-5-15)25-33-23(35-40-25)26(2,3)38)39-16-10-31-24(32-11-16)37-12-18(22(13-37)34-27)17-8-20(29)21(30)9-19(17)28/h8-11,14-15,18,22,34,38H,4-7,12-13H2,1-3H3/t14-,18+,22-/m0/s1. The molecule has 2 aliphatic heterocycles. The zero-order chi connectivity index (χ0) is 28.6. The van der Waals surface area contributed by atoms with Crippen LogP contribution in [0.5, 0.6) is 5.75 Å². The highest BCUT2D eigenvalue weighted by atomic mass is 35.5. The van der Waals surface area contributed by atoms with Crippen LogP contribution in [-0.2, 0) is 5.60 Å². The molecule has 3 atom stereocenters. The van der Waals surface area contributed by atoms with Crippen LogP contribution < -0.4 is 19.4 Å². The van der Waals surface area contributed by atoms with Crippen LogP contribution in [0.2, 0.25) is 0 Å². The van der Waals surface area contributed by atoms with Gasteiger partial charge in [-0.3, -0.25) is 0 Å². The van der Waals surface area contributed by atoms with Crippen LogP contribution in [-0.4, -0.2) is 63.5 Å². The Morgan fingerprint density at radius 2 is 1.75 bits per heavy atom. The molecule has 10 nitrogen and oxygen atoms in total. The molecule has 2 saturated heterocycles. The van der Waals surface area contributed by atoms with E-state index in [1.807, 2.05) is 11.8 Å². The number of aromatic nitrogens is 4. The average Bonchev–Trinajstić information content (AvgIpc) is 3.59. The van der Waals surface area contributed by atoms with Gasteiger partial charge in [-0.2, -0.15) is 4.98 Å². The lowest BCUT2D eigenvalue weighted by molar-refractivity contribution is 0.0661. The van der Waals surface area contributed by atoms with Crippen molar-refractivity contribution in [1.29, 1.82) is 0 Å². The van der Waals surface area contributed by atoms with E-state index in [0.29, 0.717) is 43.4 Å². The first-order valence-electron chi connectivity index (χ1n) is 13.1. The van der Waals surface area contributed by atoms with Gasteiger partial charge in [-0.25, -0.2) is 28.0 Å². The fraction of sp³-hybridized carbons (Fsp3) is 0.538. The van der Waals surface area contributed by atoms with Gasteiger partial charge in [0.2, 0.25) is 11.8 Å². The van der Waals surface area contributed by atoms with E-state index in [1.54, 1.807) is 31.1 Å². The van der Waals surface area contributed by atoms with E-state index < -0.39 is 35.0 Å². The van der Waals surface area contributed by atoms with Gasteiger partial charge >= 0.3 is 6.01 Å². The molecule has 3 aromatic rings. The smallest absolute Gasteiger partial charge is 0.324 e. The van der Waals surface area contributed by atoms with Crippen molar-refractivity contribution in [3.05, 3.63) is 53.4 Å². The van der Waals surface area contributed by atoms with E-state index in [4.69, 9.17) is 21.0 Å². The van der Waals surface area contributed by atoms with Crippen molar-refractivity contribution in [2.45, 2.75) is 57.3 Å². The average molecular weight is 582 g/mol. The first kappa shape index (κ1) is 28.4. The zero-order valence-electron chi connectivity index (χ0n) is 22.3. The van der Waals surface area contributed by atoms with Gasteiger partial charge in [-0.05, 0) is 62.9 Å². The van der Waals surface area contributed by atoms with Gasteiger partial charge in [0.1, 0.15) is 11.4 Å². The van der Waals surface area contributed by atoms with Gasteiger partial charge in [-0.15, -0.1) is 0 Å². The van der Waals surface area contributed by atoms with Gasteiger partial charge in [0, 0.05) is 44.2 Å². The topological polar surface area (TPSA) is 113 Å². The monoisotopic (exact) mass is 581 g/mol. The molecule has 0 saturated carbocycles. The molecule has 14 heteroatoms. The summed E-state index contributed by atoms with van der Waals surface area (Å²) in [6, 6.07) is 1.39. The Labute approximate surface area is 234 Å². The fourth-order valence-corrected chi connectivity index (χ4v) is 5.43. The third-order valence-electron chi connectivity index (χ3n) is 7.55. The number of anilines is 2. The summed E-state index contributed by atoms with van der Waals surface area (Å²) >= 11 is 5.90. The van der Waals surface area contributed by atoms with Crippen LogP contribution in [0.4, 0.5) is 25.1 Å². The van der Waals surface area contributed by atoms with E-state index >= 15 is 0 Å². The summed E-state index contributed by atoms with van der Waals surface area (Å²) in [4.78, 5) is 19.6. The molecular weight excluding hydrogens is 551 g/mol. The number of nitrogens with one attached hydrogen (secondary N) is 1. The molecule has 0 aliphatic carbocycles. The number of halogens is 4. The number of aliphatic hydroxyl groups is 1. The second kappa shape index (κ2) is 11.4. The van der Waals surface area contributed by atoms with E-state index in [2.05, 4.69) is 24.9 Å². The molecule has 2 aliphatic rings. The highest BCUT2D eigenvalue weighted by Gasteiger charge is 2.37. The van der Waals surface area contributed by atoms with Crippen LogP contribution in [0.15, 0.2) is 29.0 Å². The maximum absolute atomic E-state index is 14.4. The quantitative estimate of drug-likeness (QED) is 0.300. The highest BCUT2D eigenvalue weighted by Crippen LogP contribution is 2.33. The number of hydrogen-bond acceptors (Lipinski definition) is 10. The number of hydrogen-bond donors (Lipinski definition) is 2. The van der Waals surface area contributed by atoms with E-state index in [-0.39, 0.29) is 30.0 Å². The molecule has 216 valence electrons. The number of piperidine rings is 1. The van der Waals surface area contributed by atoms with E-state index in [1.165, 1.54) is 0 Å². The normalized spacial score (nSPS) is 21.2. The summed E-state index contributed by atoms with van der Waals surface area (Å²) in [6.07, 6.45) is 4.77. The van der Waals surface area contributed by atoms with Gasteiger partial charge in [0.05, 0.1) is 18.5 Å². The summed E-state index contributed by atoms with van der Waals surface area (Å²) < 4.78 is 53.1. The van der Waals surface area contributed by atoms with Crippen molar-refractivity contribution < 1.29 is 27.5 Å². The zero-order valence-corrected chi connectivity index (χ0v) is 23.1. The third-order valence-corrected chi connectivity index (χ3v) is 7.84. The maximum Gasteiger partial charge on any atom is 0.324 e. The van der Waals surface area contributed by atoms with Crippen LogP contribution in [0.3, 0.4) is 0 Å². The predicted octanol–water partition coefficient (Wildman–Crippen LogP) is 3.90. The number of rotatable bonds is 8. The van der Waals surface area contributed by atoms with Gasteiger partial charge in [0.25, 0.3) is 0 Å². The molecule has 1 aromatic carbocycles. The lowest BCUT2D eigenvalue weighted by atomic mass is 9.92. The van der Waals surface area contributed by atoms with Gasteiger partial charge in [-0.1, -0.05) is 5.16 Å². The summed E-state index contributed by atoms with van der Waals surface area (Å²) in [5, 5.41) is 13.9. The van der Waals surface area contributed by atoms with E-state index in [9.17, 15) is 18.3 Å². The lowest BCUT2D eigenvalue weighted by Gasteiger charge is -2.33. The summed E-state index contributed by atoms with van der Waals surface area (Å²) in [7, 11) is 0. The molecule has 0 spiro atoms. The van der Waals surface area contributed by atoms with Crippen molar-refractivity contribution in [3.63, 3.8) is 0 Å². The molecule has 40 heavy (non-hydrogen) atoms. The molecule has 0 unspecified atom stereocenters. The number of benzene rings is 1. The van der Waals surface area contributed by atoms with Crippen molar-refractivity contribution in [1.82, 2.24) is 24.9 Å². The molecule has 2 fully saturated rings. The second-order valence-electron chi connectivity index (χ2n) is 10.8. The highest BCUT2D eigenvalue weighted by molar-refractivity contribution is 6.13. The molecule has 2 aromatic heterocycles.